The summed E-state index contributed by atoms with van der Waals surface area (Å²) in [5, 5.41) is 19.2. The van der Waals surface area contributed by atoms with Crippen LogP contribution in [0.4, 0.5) is 5.69 Å². The smallest absolute Gasteiger partial charge is 0.356 e. The molecule has 3 aromatic heterocycles. The van der Waals surface area contributed by atoms with E-state index in [0.29, 0.717) is 5.82 Å². The zero-order valence-corrected chi connectivity index (χ0v) is 13.7. The third-order valence-electron chi connectivity index (χ3n) is 3.23. The number of carbonyl (C=O) groups excluding carboxylic acids is 1. The molecule has 9 nitrogen and oxygen atoms in total. The highest BCUT2D eigenvalue weighted by Gasteiger charge is 2.19. The van der Waals surface area contributed by atoms with E-state index in [0.717, 1.165) is 0 Å². The first kappa shape index (κ1) is 17.1. The topological polar surface area (TPSA) is 123 Å². The van der Waals surface area contributed by atoms with Crippen LogP contribution in [0, 0.1) is 12.3 Å². The number of carbonyl (C=O) groups is 2. The molecule has 3 heterocycles. The van der Waals surface area contributed by atoms with Crippen LogP contribution in [-0.4, -0.2) is 41.7 Å². The van der Waals surface area contributed by atoms with Crippen LogP contribution in [0.1, 0.15) is 26.5 Å². The van der Waals surface area contributed by atoms with E-state index in [1.54, 1.807) is 23.0 Å². The molecule has 26 heavy (non-hydrogen) atoms. The molecule has 128 valence electrons. The predicted octanol–water partition coefficient (Wildman–Crippen LogP) is 1.64. The summed E-state index contributed by atoms with van der Waals surface area (Å²) in [5.41, 5.74) is -0.415. The number of aromatic nitrogens is 5. The Morgan fingerprint density at radius 1 is 1.31 bits per heavy atom. The summed E-state index contributed by atoms with van der Waals surface area (Å²) in [6.45, 7) is 0. The number of carboxylic acids is 1. The van der Waals surface area contributed by atoms with Crippen molar-refractivity contribution in [3.63, 3.8) is 0 Å². The maximum Gasteiger partial charge on any atom is 0.356 e. The van der Waals surface area contributed by atoms with Gasteiger partial charge in [-0.3, -0.25) is 9.36 Å². The largest absolute Gasteiger partial charge is 0.476 e. The Balaban J connectivity index is 1.88. The van der Waals surface area contributed by atoms with Gasteiger partial charge in [0.25, 0.3) is 5.91 Å². The van der Waals surface area contributed by atoms with Gasteiger partial charge in [0.2, 0.25) is 0 Å². The van der Waals surface area contributed by atoms with Crippen molar-refractivity contribution in [2.75, 3.05) is 5.32 Å². The minimum Gasteiger partial charge on any atom is -0.476 e. The van der Waals surface area contributed by atoms with E-state index in [1.807, 2.05) is 0 Å². The molecule has 3 aromatic rings. The van der Waals surface area contributed by atoms with E-state index in [9.17, 15) is 14.7 Å². The van der Waals surface area contributed by atoms with Gasteiger partial charge in [-0.1, -0.05) is 17.5 Å². The summed E-state index contributed by atoms with van der Waals surface area (Å²) in [6, 6.07) is 4.25. The first-order valence-electron chi connectivity index (χ1n) is 7.03. The maximum atomic E-state index is 12.3. The molecule has 0 aromatic carbocycles. The summed E-state index contributed by atoms with van der Waals surface area (Å²) < 4.78 is 1.61. The van der Waals surface area contributed by atoms with Crippen molar-refractivity contribution in [1.29, 1.82) is 0 Å². The summed E-state index contributed by atoms with van der Waals surface area (Å²) in [4.78, 5) is 31.2. The molecule has 0 spiro atoms. The lowest BCUT2D eigenvalue weighted by atomic mass is 10.2. The van der Waals surface area contributed by atoms with Gasteiger partial charge in [-0.25, -0.2) is 14.8 Å². The average molecular weight is 369 g/mol. The number of carboxylic acid groups (broad SMARTS) is 1. The second-order valence-electron chi connectivity index (χ2n) is 4.87. The Morgan fingerprint density at radius 2 is 2.12 bits per heavy atom. The van der Waals surface area contributed by atoms with Gasteiger partial charge < -0.3 is 10.4 Å². The van der Waals surface area contributed by atoms with Crippen LogP contribution in [0.2, 0.25) is 5.15 Å². The van der Waals surface area contributed by atoms with Gasteiger partial charge >= 0.3 is 5.97 Å². The highest BCUT2D eigenvalue weighted by molar-refractivity contribution is 6.31. The molecule has 0 unspecified atom stereocenters. The number of nitrogens with zero attached hydrogens (tertiary/aromatic N) is 5. The number of hydrogen-bond acceptors (Lipinski definition) is 6. The van der Waals surface area contributed by atoms with Gasteiger partial charge in [-0.05, 0) is 18.2 Å². The van der Waals surface area contributed by atoms with E-state index < -0.39 is 17.6 Å². The van der Waals surface area contributed by atoms with Gasteiger partial charge in [-0.15, -0.1) is 16.6 Å². The second kappa shape index (κ2) is 7.00. The molecule has 0 atom stereocenters. The normalized spacial score (nSPS) is 10.2. The highest BCUT2D eigenvalue weighted by Crippen LogP contribution is 2.22. The first-order chi connectivity index (χ1) is 12.5. The van der Waals surface area contributed by atoms with Gasteiger partial charge in [0, 0.05) is 12.4 Å². The van der Waals surface area contributed by atoms with E-state index in [-0.39, 0.29) is 22.1 Å². The molecular weight excluding hydrogens is 360 g/mol. The molecule has 3 rings (SSSR count). The number of terminal acetylenes is 1. The summed E-state index contributed by atoms with van der Waals surface area (Å²) in [7, 11) is 0. The third kappa shape index (κ3) is 3.35. The monoisotopic (exact) mass is 368 g/mol. The van der Waals surface area contributed by atoms with Crippen molar-refractivity contribution in [2.45, 2.75) is 0 Å². The molecule has 0 saturated carbocycles. The fourth-order valence-electron chi connectivity index (χ4n) is 2.02. The Kier molecular flexibility index (Phi) is 4.59. The molecule has 0 bridgehead atoms. The van der Waals surface area contributed by atoms with Crippen molar-refractivity contribution < 1.29 is 14.7 Å². The molecule has 0 aliphatic rings. The second-order valence-corrected chi connectivity index (χ2v) is 5.23. The number of anilines is 1. The van der Waals surface area contributed by atoms with Gasteiger partial charge in [0.15, 0.2) is 17.2 Å². The van der Waals surface area contributed by atoms with E-state index >= 15 is 0 Å². The molecule has 0 fully saturated rings. The van der Waals surface area contributed by atoms with Crippen LogP contribution in [0.25, 0.3) is 5.82 Å². The molecular formula is C16H9ClN6O3. The minimum absolute atomic E-state index is 0.0255. The molecule has 0 aliphatic heterocycles. The van der Waals surface area contributed by atoms with E-state index in [4.69, 9.17) is 18.0 Å². The molecule has 0 saturated heterocycles. The maximum absolute atomic E-state index is 12.3. The van der Waals surface area contributed by atoms with Gasteiger partial charge in [0.1, 0.15) is 11.5 Å². The fraction of sp³-hybridized carbons (Fsp3) is 0. The number of hydrogen-bond donors (Lipinski definition) is 2. The highest BCUT2D eigenvalue weighted by atomic mass is 35.5. The predicted molar refractivity (Wildman–Crippen MR) is 91.2 cm³/mol. The number of nitrogens with one attached hydrogen (secondary N) is 1. The number of rotatable bonds is 4. The fourth-order valence-corrected chi connectivity index (χ4v) is 2.21. The molecule has 10 heteroatoms. The van der Waals surface area contributed by atoms with Crippen LogP contribution in [0.15, 0.2) is 36.9 Å². The van der Waals surface area contributed by atoms with Crippen molar-refractivity contribution >= 4 is 29.2 Å². The SMILES string of the molecule is C#Cc1cc(NC(=O)c2ccc(-n3ccnc3)nn2)c(C(=O)O)nc1Cl. The quantitative estimate of drug-likeness (QED) is 0.530. The summed E-state index contributed by atoms with van der Waals surface area (Å²) >= 11 is 5.81. The van der Waals surface area contributed by atoms with Crippen LogP contribution < -0.4 is 5.32 Å². The van der Waals surface area contributed by atoms with E-state index in [1.165, 1.54) is 18.5 Å². The molecule has 1 amide bonds. The Hall–Kier alpha value is -3.77. The minimum atomic E-state index is -1.37. The Bertz CT molecular complexity index is 1030. The lowest BCUT2D eigenvalue weighted by Gasteiger charge is -2.09. The van der Waals surface area contributed by atoms with Crippen molar-refractivity contribution in [1.82, 2.24) is 24.7 Å². The number of imidazole rings is 1. The lowest BCUT2D eigenvalue weighted by Crippen LogP contribution is -2.18. The lowest BCUT2D eigenvalue weighted by molar-refractivity contribution is 0.0691. The van der Waals surface area contributed by atoms with Crippen LogP contribution >= 0.6 is 11.6 Å². The zero-order valence-electron chi connectivity index (χ0n) is 12.9. The van der Waals surface area contributed by atoms with Gasteiger partial charge in [-0.2, -0.15) is 0 Å². The van der Waals surface area contributed by atoms with E-state index in [2.05, 4.69) is 31.4 Å². The first-order valence-corrected chi connectivity index (χ1v) is 7.41. The average Bonchev–Trinajstić information content (AvgIpc) is 3.17. The van der Waals surface area contributed by atoms with Crippen LogP contribution in [0.5, 0.6) is 0 Å². The Labute approximate surface area is 151 Å². The standard InChI is InChI=1S/C16H9ClN6O3/c1-2-9-7-11(13(16(25)26)20-14(9)17)19-15(24)10-3-4-12(22-21-10)23-6-5-18-8-23/h1,3-8H,(H,19,24)(H,25,26). The third-order valence-corrected chi connectivity index (χ3v) is 3.52. The number of amides is 1. The van der Waals surface area contributed by atoms with Crippen molar-refractivity contribution in [3.05, 3.63) is 59.0 Å². The number of pyridine rings is 1. The molecule has 2 N–H and O–H groups in total. The molecule has 0 aliphatic carbocycles. The van der Waals surface area contributed by atoms with Crippen molar-refractivity contribution in [3.8, 4) is 18.2 Å². The summed E-state index contributed by atoms with van der Waals surface area (Å²) in [5.74, 6) is 0.684. The molecule has 0 radical (unpaired) electrons. The zero-order chi connectivity index (χ0) is 18.7. The van der Waals surface area contributed by atoms with Crippen LogP contribution in [-0.2, 0) is 0 Å². The Morgan fingerprint density at radius 3 is 2.69 bits per heavy atom. The summed E-state index contributed by atoms with van der Waals surface area (Å²) in [6.07, 6.45) is 10.1. The number of aromatic carboxylic acids is 1. The van der Waals surface area contributed by atoms with Crippen LogP contribution in [0.3, 0.4) is 0 Å². The van der Waals surface area contributed by atoms with Crippen molar-refractivity contribution in [2.24, 2.45) is 0 Å². The van der Waals surface area contributed by atoms with Gasteiger partial charge in [0.05, 0.1) is 11.3 Å². The number of halogens is 1.